The van der Waals surface area contributed by atoms with E-state index in [9.17, 15) is 14.0 Å². The van der Waals surface area contributed by atoms with E-state index in [1.165, 1.54) is 12.1 Å². The highest BCUT2D eigenvalue weighted by atomic mass is 35.5. The molecule has 2 aliphatic rings. The molecule has 3 aromatic rings. The number of piperidine rings is 1. The van der Waals surface area contributed by atoms with Crippen LogP contribution in [0.1, 0.15) is 34.3 Å². The molecule has 3 aromatic carbocycles. The fourth-order valence-electron chi connectivity index (χ4n) is 5.12. The van der Waals surface area contributed by atoms with Gasteiger partial charge in [-0.15, -0.1) is 0 Å². The average molecular weight is 492 g/mol. The zero-order valence-corrected chi connectivity index (χ0v) is 20.0. The second kappa shape index (κ2) is 9.80. The van der Waals surface area contributed by atoms with Crippen molar-refractivity contribution in [2.24, 2.45) is 0 Å². The van der Waals surface area contributed by atoms with Crippen LogP contribution in [0.4, 0.5) is 4.39 Å². The van der Waals surface area contributed by atoms with Crippen molar-refractivity contribution in [1.29, 1.82) is 0 Å². The van der Waals surface area contributed by atoms with Gasteiger partial charge >= 0.3 is 0 Å². The molecule has 180 valence electrons. The topological polar surface area (TPSA) is 52.7 Å². The van der Waals surface area contributed by atoms with Gasteiger partial charge < -0.3 is 9.80 Å². The molecule has 0 radical (unpaired) electrons. The number of rotatable bonds is 5. The first-order valence-corrected chi connectivity index (χ1v) is 12.2. The van der Waals surface area contributed by atoms with Gasteiger partial charge in [-0.2, -0.15) is 0 Å². The van der Waals surface area contributed by atoms with Gasteiger partial charge in [0.15, 0.2) is 0 Å². The fraction of sp³-hybridized carbons (Fsp3) is 0.286. The SMILES string of the molecule is O=C(c1ccc(Cl)cc1)N1CCC2(CC1)N[C@H](Cc1ccccc1)C(=O)N2Cc1ccc(F)cc1. The van der Waals surface area contributed by atoms with Crippen LogP contribution in [0.5, 0.6) is 0 Å². The Kier molecular flexibility index (Phi) is 6.58. The van der Waals surface area contributed by atoms with Gasteiger partial charge in [-0.25, -0.2) is 4.39 Å². The maximum Gasteiger partial charge on any atom is 0.253 e. The standard InChI is InChI=1S/C28H27ClFN3O2/c29-23-10-8-22(9-11-23)26(34)32-16-14-28(15-17-32)31-25(18-20-4-2-1-3-5-20)27(35)33(28)19-21-6-12-24(30)13-7-21/h1-13,25,31H,14-19H2/t25-/m1/s1. The van der Waals surface area contributed by atoms with E-state index >= 15 is 0 Å². The minimum Gasteiger partial charge on any atom is -0.338 e. The highest BCUT2D eigenvalue weighted by molar-refractivity contribution is 6.30. The fourth-order valence-corrected chi connectivity index (χ4v) is 5.25. The van der Waals surface area contributed by atoms with Crippen molar-refractivity contribution in [3.05, 3.63) is 106 Å². The Morgan fingerprint density at radius 3 is 2.26 bits per heavy atom. The molecule has 0 unspecified atom stereocenters. The molecule has 2 fully saturated rings. The zero-order chi connectivity index (χ0) is 24.4. The van der Waals surface area contributed by atoms with Crippen LogP contribution in [-0.4, -0.2) is 46.4 Å². The third-order valence-corrected chi connectivity index (χ3v) is 7.28. The van der Waals surface area contributed by atoms with Gasteiger partial charge in [-0.05, 0) is 53.9 Å². The number of amides is 2. The van der Waals surface area contributed by atoms with Crippen molar-refractivity contribution in [1.82, 2.24) is 15.1 Å². The number of halogens is 2. The van der Waals surface area contributed by atoms with Crippen LogP contribution in [0.3, 0.4) is 0 Å². The molecule has 0 aliphatic carbocycles. The van der Waals surface area contributed by atoms with Crippen LogP contribution in [0.2, 0.25) is 5.02 Å². The van der Waals surface area contributed by atoms with Crippen LogP contribution in [-0.2, 0) is 17.8 Å². The molecule has 0 saturated carbocycles. The number of benzene rings is 3. The molecule has 5 rings (SSSR count). The average Bonchev–Trinajstić information content (AvgIpc) is 3.11. The van der Waals surface area contributed by atoms with Crippen LogP contribution in [0, 0.1) is 5.82 Å². The van der Waals surface area contributed by atoms with Gasteiger partial charge in [0.1, 0.15) is 5.82 Å². The van der Waals surface area contributed by atoms with Gasteiger partial charge in [0.25, 0.3) is 5.91 Å². The number of hydrogen-bond acceptors (Lipinski definition) is 3. The summed E-state index contributed by atoms with van der Waals surface area (Å²) in [6.07, 6.45) is 1.82. The molecular weight excluding hydrogens is 465 g/mol. The molecule has 2 heterocycles. The summed E-state index contributed by atoms with van der Waals surface area (Å²) in [6.45, 7) is 1.45. The van der Waals surface area contributed by atoms with Crippen molar-refractivity contribution in [2.75, 3.05) is 13.1 Å². The lowest BCUT2D eigenvalue weighted by Gasteiger charge is -2.44. The van der Waals surface area contributed by atoms with Crippen molar-refractivity contribution in [2.45, 2.75) is 37.5 Å². The Morgan fingerprint density at radius 1 is 0.943 bits per heavy atom. The highest BCUT2D eigenvalue weighted by Gasteiger charge is 2.51. The smallest absolute Gasteiger partial charge is 0.253 e. The Hall–Kier alpha value is -3.22. The van der Waals surface area contributed by atoms with Gasteiger partial charge in [0.05, 0.1) is 11.7 Å². The summed E-state index contributed by atoms with van der Waals surface area (Å²) < 4.78 is 13.5. The lowest BCUT2D eigenvalue weighted by Crippen LogP contribution is -2.59. The van der Waals surface area contributed by atoms with Gasteiger partial charge in [0, 0.05) is 43.1 Å². The maximum absolute atomic E-state index is 13.6. The number of carbonyl (C=O) groups excluding carboxylic acids is 2. The Balaban J connectivity index is 1.36. The third kappa shape index (κ3) is 4.95. The molecule has 2 aliphatic heterocycles. The molecular formula is C28H27ClFN3O2. The summed E-state index contributed by atoms with van der Waals surface area (Å²) >= 11 is 5.97. The number of likely N-dealkylation sites (tertiary alicyclic amines) is 1. The molecule has 0 aromatic heterocycles. The Bertz CT molecular complexity index is 1190. The number of carbonyl (C=O) groups is 2. The number of hydrogen-bond donors (Lipinski definition) is 1. The molecule has 0 bridgehead atoms. The molecule has 2 amide bonds. The van der Waals surface area contributed by atoms with Gasteiger partial charge in [-0.1, -0.05) is 54.1 Å². The van der Waals surface area contributed by atoms with Crippen molar-refractivity contribution in [3.8, 4) is 0 Å². The second-order valence-electron chi connectivity index (χ2n) is 9.27. The second-order valence-corrected chi connectivity index (χ2v) is 9.70. The summed E-state index contributed by atoms with van der Waals surface area (Å²) in [7, 11) is 0. The quantitative estimate of drug-likeness (QED) is 0.565. The van der Waals surface area contributed by atoms with Gasteiger partial charge in [-0.3, -0.25) is 14.9 Å². The summed E-state index contributed by atoms with van der Waals surface area (Å²) in [4.78, 5) is 30.4. The van der Waals surface area contributed by atoms with Crippen molar-refractivity contribution in [3.63, 3.8) is 0 Å². The monoisotopic (exact) mass is 491 g/mol. The summed E-state index contributed by atoms with van der Waals surface area (Å²) in [5.74, 6) is -0.298. The van der Waals surface area contributed by atoms with Crippen LogP contribution >= 0.6 is 11.6 Å². The normalized spacial score (nSPS) is 19.4. The van der Waals surface area contributed by atoms with E-state index in [4.69, 9.17) is 11.6 Å². The maximum atomic E-state index is 13.6. The molecule has 2 saturated heterocycles. The zero-order valence-electron chi connectivity index (χ0n) is 19.3. The summed E-state index contributed by atoms with van der Waals surface area (Å²) in [6, 6.07) is 22.8. The first kappa shape index (κ1) is 23.5. The molecule has 1 atom stereocenters. The molecule has 5 nitrogen and oxygen atoms in total. The minimum atomic E-state index is -0.554. The van der Waals surface area contributed by atoms with E-state index in [1.54, 1.807) is 36.4 Å². The number of nitrogens with zero attached hydrogens (tertiary/aromatic N) is 2. The predicted molar refractivity (Wildman–Crippen MR) is 133 cm³/mol. The number of nitrogens with one attached hydrogen (secondary N) is 1. The molecule has 1 spiro atoms. The van der Waals surface area contributed by atoms with Crippen LogP contribution in [0.15, 0.2) is 78.9 Å². The van der Waals surface area contributed by atoms with E-state index in [0.717, 1.165) is 11.1 Å². The lowest BCUT2D eigenvalue weighted by molar-refractivity contribution is -0.134. The Morgan fingerprint density at radius 2 is 1.60 bits per heavy atom. The molecule has 35 heavy (non-hydrogen) atoms. The van der Waals surface area contributed by atoms with E-state index in [0.29, 0.717) is 49.5 Å². The minimum absolute atomic E-state index is 0.0354. The summed E-state index contributed by atoms with van der Waals surface area (Å²) in [5.41, 5.74) is 2.01. The largest absolute Gasteiger partial charge is 0.338 e. The third-order valence-electron chi connectivity index (χ3n) is 7.03. The lowest BCUT2D eigenvalue weighted by atomic mass is 9.94. The Labute approximate surface area is 209 Å². The van der Waals surface area contributed by atoms with Crippen LogP contribution in [0.25, 0.3) is 0 Å². The van der Waals surface area contributed by atoms with E-state index < -0.39 is 5.66 Å². The molecule has 7 heteroatoms. The van der Waals surface area contributed by atoms with E-state index in [2.05, 4.69) is 5.32 Å². The van der Waals surface area contributed by atoms with Crippen LogP contribution < -0.4 is 5.32 Å². The first-order chi connectivity index (χ1) is 16.9. The molecule has 1 N–H and O–H groups in total. The van der Waals surface area contributed by atoms with Crippen molar-refractivity contribution >= 4 is 23.4 Å². The van der Waals surface area contributed by atoms with E-state index in [-0.39, 0.29) is 23.7 Å². The van der Waals surface area contributed by atoms with Crippen molar-refractivity contribution < 1.29 is 14.0 Å². The van der Waals surface area contributed by atoms with E-state index in [1.807, 2.05) is 40.1 Å². The first-order valence-electron chi connectivity index (χ1n) is 11.9. The van der Waals surface area contributed by atoms with Gasteiger partial charge in [0.2, 0.25) is 5.91 Å². The predicted octanol–water partition coefficient (Wildman–Crippen LogP) is 4.65. The highest BCUT2D eigenvalue weighted by Crippen LogP contribution is 2.35. The summed E-state index contributed by atoms with van der Waals surface area (Å²) in [5, 5.41) is 4.23.